The first-order valence-corrected chi connectivity index (χ1v) is 38.7. The lowest BCUT2D eigenvalue weighted by Crippen LogP contribution is -2.49. The van der Waals surface area contributed by atoms with E-state index in [1.807, 2.05) is 265 Å². The van der Waals surface area contributed by atoms with Crippen LogP contribution < -0.4 is 29.6 Å². The van der Waals surface area contributed by atoms with Gasteiger partial charge in [0, 0.05) is 67.8 Å². The Hall–Kier alpha value is -11.9. The zero-order valence-corrected chi connectivity index (χ0v) is 66.2. The quantitative estimate of drug-likeness (QED) is 0.0147. The van der Waals surface area contributed by atoms with Gasteiger partial charge in [-0.15, -0.1) is 0 Å². The largest absolute Gasteiger partial charge is 0.497 e. The van der Waals surface area contributed by atoms with Crippen LogP contribution in [0.15, 0.2) is 255 Å². The lowest BCUT2D eigenvalue weighted by atomic mass is 9.80. The minimum Gasteiger partial charge on any atom is -0.497 e. The standard InChI is InChI=1S/C51H56N5O6P.C42H39N3O5/c1-36(2)56(37(3)4)63(61-32-14-31-53)62-38(5)47(54-50(57)34-55-48-19-12-11-18-45(48)46-33-39(15-13-30-52)20-29-49(46)55)35-60-51(40-16-9-8-10-17-40,41-21-25-43(58-6)26-22-41)42-23-27-44(59-7)28-24-42;1-29(46)38(44-41(47)27-45-39-14-8-7-13-36(39)37-26-30(10-9-25-43)15-24-40(37)45)28-50-42(31-11-5-4-6-12-31,32-16-20-34(48-2)21-17-32)33-18-22-35(49-3)23-19-33/h8-13,15-29,33,36-38,47H,14,32,34-35H2,1-7H3,(H,54,57);4-24,26,29,38,46H,27-28H2,1-3H3,(H,44,47)/b15-13+;10-9+/t38-,47-,63?;29-,38-/m11/s1. The Kier molecular flexibility index (Phi) is 28.2. The van der Waals surface area contributed by atoms with E-state index in [2.05, 4.69) is 55.1 Å². The van der Waals surface area contributed by atoms with Crippen molar-refractivity contribution in [2.45, 2.75) is 109 Å². The number of hydrogen-bond donors (Lipinski definition) is 3. The summed E-state index contributed by atoms with van der Waals surface area (Å²) in [7, 11) is 4.85. The summed E-state index contributed by atoms with van der Waals surface area (Å²) in [5.41, 5.74) is 8.25. The van der Waals surface area contributed by atoms with Crippen LogP contribution in [0.25, 0.3) is 55.8 Å². The second-order valence-corrected chi connectivity index (χ2v) is 29.2. The predicted molar refractivity (Wildman–Crippen MR) is 446 cm³/mol. The summed E-state index contributed by atoms with van der Waals surface area (Å²) >= 11 is 0. The number of methoxy groups -OCH3 is 4. The number of aliphatic hydroxyl groups is 1. The van der Waals surface area contributed by atoms with Gasteiger partial charge < -0.3 is 62.3 Å². The fourth-order valence-corrected chi connectivity index (χ4v) is 16.2. The molecule has 2 heterocycles. The molecule has 10 aromatic carbocycles. The van der Waals surface area contributed by atoms with E-state index < -0.39 is 44.0 Å². The molecule has 0 spiro atoms. The van der Waals surface area contributed by atoms with Crippen molar-refractivity contribution in [3.05, 3.63) is 299 Å². The molecule has 20 heteroatoms. The molecule has 0 saturated carbocycles. The average Bonchev–Trinajstić information content (AvgIpc) is 1.75. The molecule has 0 aliphatic heterocycles. The second kappa shape index (κ2) is 38.8. The number of nitriles is 3. The molecule has 0 radical (unpaired) electrons. The zero-order valence-electron chi connectivity index (χ0n) is 65.3. The summed E-state index contributed by atoms with van der Waals surface area (Å²) in [6, 6.07) is 83.8. The minimum atomic E-state index is -1.67. The monoisotopic (exact) mass is 1530 g/mol. The molecule has 0 aliphatic carbocycles. The predicted octanol–water partition coefficient (Wildman–Crippen LogP) is 17.7. The van der Waals surface area contributed by atoms with Gasteiger partial charge in [0.05, 0.1) is 97.2 Å². The van der Waals surface area contributed by atoms with Gasteiger partial charge in [-0.3, -0.25) is 9.59 Å². The third-order valence-corrected chi connectivity index (χ3v) is 22.2. The van der Waals surface area contributed by atoms with E-state index in [4.69, 9.17) is 48.0 Å². The van der Waals surface area contributed by atoms with Gasteiger partial charge in [0.2, 0.25) is 11.8 Å². The number of hydrogen-bond acceptors (Lipinski definition) is 15. The Morgan fingerprint density at radius 1 is 0.460 bits per heavy atom. The Morgan fingerprint density at radius 3 is 1.16 bits per heavy atom. The maximum absolute atomic E-state index is 14.7. The molecule has 3 N–H and O–H groups in total. The molecule has 2 amide bonds. The molecule has 0 saturated heterocycles. The van der Waals surface area contributed by atoms with Gasteiger partial charge in [-0.1, -0.05) is 158 Å². The number of nitrogens with zero attached hydrogens (tertiary/aromatic N) is 6. The fourth-order valence-electron chi connectivity index (χ4n) is 14.4. The van der Waals surface area contributed by atoms with Crippen LogP contribution in [-0.4, -0.2) is 115 Å². The highest BCUT2D eigenvalue weighted by atomic mass is 31.2. The highest BCUT2D eigenvalue weighted by Gasteiger charge is 2.42. The van der Waals surface area contributed by atoms with Gasteiger partial charge in [0.1, 0.15) is 47.3 Å². The maximum atomic E-state index is 14.7. The number of carbonyl (C=O) groups excluding carboxylic acids is 2. The number of amides is 2. The van der Waals surface area contributed by atoms with Gasteiger partial charge in [-0.2, -0.15) is 15.8 Å². The van der Waals surface area contributed by atoms with E-state index in [0.717, 1.165) is 88.1 Å². The number of nitrogens with one attached hydrogen (secondary N) is 2. The first-order chi connectivity index (χ1) is 54.9. The topological polar surface area (TPSA) is 237 Å². The van der Waals surface area contributed by atoms with Crippen LogP contribution >= 0.6 is 8.53 Å². The van der Waals surface area contributed by atoms with E-state index in [-0.39, 0.29) is 63.2 Å². The van der Waals surface area contributed by atoms with Crippen molar-refractivity contribution >= 4 is 76.1 Å². The molecule has 0 fully saturated rings. The third kappa shape index (κ3) is 19.0. The summed E-state index contributed by atoms with van der Waals surface area (Å²) in [6.07, 6.45) is 5.09. The van der Waals surface area contributed by atoms with Crippen LogP contribution in [0, 0.1) is 34.0 Å². The molecular weight excluding hydrogens is 1440 g/mol. The first-order valence-electron chi connectivity index (χ1n) is 37.5. The lowest BCUT2D eigenvalue weighted by molar-refractivity contribution is -0.125. The molecule has 113 heavy (non-hydrogen) atoms. The van der Waals surface area contributed by atoms with Crippen molar-refractivity contribution in [1.82, 2.24) is 24.4 Å². The summed E-state index contributed by atoms with van der Waals surface area (Å²) in [4.78, 5) is 28.5. The van der Waals surface area contributed by atoms with Crippen molar-refractivity contribution in [3.8, 4) is 41.2 Å². The Bertz CT molecular complexity index is 5260. The van der Waals surface area contributed by atoms with Gasteiger partial charge in [0.15, 0.2) is 0 Å². The fraction of sp³-hybridized carbons (Fsp3) is 0.258. The van der Waals surface area contributed by atoms with E-state index >= 15 is 0 Å². The number of rotatable bonds is 34. The van der Waals surface area contributed by atoms with Gasteiger partial charge >= 0.3 is 0 Å². The SMILES string of the molecule is COc1ccc(C(OC[C@@H](NC(=O)Cn2c3ccccc3c3cc(/C=C/C#N)ccc32)[C@@H](C)O)(c2ccccc2)c2ccc(OC)cc2)cc1.COc1ccc(C(OC[C@@H](NC(=O)Cn2c3ccccc3c3cc(/C=C/C#N)ccc32)[C@@H](C)OP(OCCC#N)N(C(C)C)C(C)C)(c2ccccc2)c2ccc(OC)cc2)cc1. The van der Waals surface area contributed by atoms with Gasteiger partial charge in [-0.25, -0.2) is 4.67 Å². The molecule has 0 bridgehead atoms. The molecule has 12 rings (SSSR count). The van der Waals surface area contributed by atoms with Crippen LogP contribution in [0.4, 0.5) is 0 Å². The number of ether oxygens (including phenoxy) is 6. The van der Waals surface area contributed by atoms with E-state index in [0.29, 0.717) is 23.0 Å². The molecule has 578 valence electrons. The smallest absolute Gasteiger partial charge is 0.259 e. The number of carbonyl (C=O) groups is 2. The van der Waals surface area contributed by atoms with Crippen LogP contribution in [0.3, 0.4) is 0 Å². The van der Waals surface area contributed by atoms with Crippen molar-refractivity contribution in [3.63, 3.8) is 0 Å². The summed E-state index contributed by atoms with van der Waals surface area (Å²) in [6.45, 7) is 12.2. The average molecular weight is 1530 g/mol. The zero-order chi connectivity index (χ0) is 80.0. The van der Waals surface area contributed by atoms with Crippen molar-refractivity contribution in [2.75, 3.05) is 48.3 Å². The van der Waals surface area contributed by atoms with E-state index in [9.17, 15) is 20.0 Å². The second-order valence-electron chi connectivity index (χ2n) is 27.8. The van der Waals surface area contributed by atoms with Crippen LogP contribution in [0.5, 0.6) is 23.0 Å². The van der Waals surface area contributed by atoms with Crippen molar-refractivity contribution in [2.24, 2.45) is 0 Å². The minimum absolute atomic E-state index is 0.00186. The number of para-hydroxylation sites is 2. The number of aromatic nitrogens is 2. The Morgan fingerprint density at radius 2 is 0.805 bits per heavy atom. The number of fused-ring (bicyclic) bond motifs is 6. The molecular formula is C93H95N8O11P. The van der Waals surface area contributed by atoms with Crippen LogP contribution in [0.1, 0.15) is 92.5 Å². The number of allylic oxidation sites excluding steroid dienone is 2. The molecule has 5 atom stereocenters. The first kappa shape index (κ1) is 82.1. The maximum Gasteiger partial charge on any atom is 0.259 e. The molecule has 19 nitrogen and oxygen atoms in total. The number of aliphatic hydroxyl groups excluding tert-OH is 1. The summed E-state index contributed by atoms with van der Waals surface area (Å²) < 4.78 is 55.8. The highest BCUT2D eigenvalue weighted by Crippen LogP contribution is 2.49. The number of benzene rings is 10. The van der Waals surface area contributed by atoms with Crippen molar-refractivity contribution in [1.29, 1.82) is 15.8 Å². The normalized spacial score (nSPS) is 13.1. The van der Waals surface area contributed by atoms with Gasteiger partial charge in [-0.05, 0) is 183 Å². The summed E-state index contributed by atoms with van der Waals surface area (Å²) in [5, 5.41) is 49.0. The highest BCUT2D eigenvalue weighted by molar-refractivity contribution is 7.44. The summed E-state index contributed by atoms with van der Waals surface area (Å²) in [5.74, 6) is 2.31. The lowest BCUT2D eigenvalue weighted by Gasteiger charge is -2.40. The third-order valence-electron chi connectivity index (χ3n) is 20.0. The van der Waals surface area contributed by atoms with Gasteiger partial charge in [0.25, 0.3) is 8.53 Å². The molecule has 2 aromatic heterocycles. The van der Waals surface area contributed by atoms with Crippen molar-refractivity contribution < 1.29 is 52.2 Å². The van der Waals surface area contributed by atoms with E-state index in [1.165, 1.54) is 12.2 Å². The Balaban J connectivity index is 0.000000229. The molecule has 1 unspecified atom stereocenters. The van der Waals surface area contributed by atoms with Crippen LogP contribution in [-0.2, 0) is 52.4 Å². The molecule has 0 aliphatic rings. The van der Waals surface area contributed by atoms with Crippen LogP contribution in [0.2, 0.25) is 0 Å². The Labute approximate surface area is 662 Å². The van der Waals surface area contributed by atoms with E-state index in [1.54, 1.807) is 47.5 Å². The molecule has 12 aromatic rings.